The van der Waals surface area contributed by atoms with E-state index >= 15 is 0 Å². The molecule has 2 aromatic heterocycles. The first-order chi connectivity index (χ1) is 17.2. The zero-order valence-electron chi connectivity index (χ0n) is 18.6. The van der Waals surface area contributed by atoms with Gasteiger partial charge in [0.25, 0.3) is 10.0 Å². The third kappa shape index (κ3) is 4.75. The Balaban J connectivity index is 1.30. The van der Waals surface area contributed by atoms with E-state index in [9.17, 15) is 12.8 Å². The van der Waals surface area contributed by atoms with Gasteiger partial charge >= 0.3 is 0 Å². The van der Waals surface area contributed by atoms with Crippen molar-refractivity contribution in [1.82, 2.24) is 15.1 Å². The minimum absolute atomic E-state index is 0.145. The lowest BCUT2D eigenvalue weighted by atomic mass is 10.1. The number of aromatic amines is 1. The van der Waals surface area contributed by atoms with Gasteiger partial charge in [-0.1, -0.05) is 52.6 Å². The molecule has 0 atom stereocenters. The van der Waals surface area contributed by atoms with Crippen LogP contribution in [0.2, 0.25) is 10.0 Å². The van der Waals surface area contributed by atoms with Gasteiger partial charge in [-0.15, -0.1) is 0 Å². The summed E-state index contributed by atoms with van der Waals surface area (Å²) >= 11 is 12.3. The molecule has 0 fully saturated rings. The van der Waals surface area contributed by atoms with Crippen molar-refractivity contribution >= 4 is 49.8 Å². The van der Waals surface area contributed by atoms with E-state index in [2.05, 4.69) is 19.8 Å². The predicted molar refractivity (Wildman–Crippen MR) is 134 cm³/mol. The van der Waals surface area contributed by atoms with Crippen molar-refractivity contribution in [3.8, 4) is 17.1 Å². The zero-order chi connectivity index (χ0) is 25.4. The number of hydrogen-bond acceptors (Lipinski definition) is 6. The molecule has 0 amide bonds. The van der Waals surface area contributed by atoms with Crippen LogP contribution >= 0.6 is 23.2 Å². The Labute approximate surface area is 215 Å². The molecule has 36 heavy (non-hydrogen) atoms. The molecule has 0 aliphatic carbocycles. The molecule has 3 aromatic carbocycles. The number of nitrogens with zero attached hydrogens (tertiary/aromatic N) is 2. The highest BCUT2D eigenvalue weighted by Gasteiger charge is 2.22. The van der Waals surface area contributed by atoms with Gasteiger partial charge in [0.15, 0.2) is 0 Å². The lowest BCUT2D eigenvalue weighted by Gasteiger charge is -2.12. The van der Waals surface area contributed by atoms with Crippen LogP contribution in [-0.2, 0) is 16.6 Å². The summed E-state index contributed by atoms with van der Waals surface area (Å²) < 4.78 is 53.6. The van der Waals surface area contributed by atoms with Gasteiger partial charge in [0, 0.05) is 30.1 Å². The molecular weight excluding hydrogens is 530 g/mol. The van der Waals surface area contributed by atoms with E-state index in [1.165, 1.54) is 24.4 Å². The lowest BCUT2D eigenvalue weighted by molar-refractivity contribution is 0.304. The monoisotopic (exact) mass is 546 g/mol. The summed E-state index contributed by atoms with van der Waals surface area (Å²) in [6.45, 7) is 1.85. The van der Waals surface area contributed by atoms with Crippen molar-refractivity contribution in [2.45, 2.75) is 18.4 Å². The molecule has 2 heterocycles. The van der Waals surface area contributed by atoms with Crippen molar-refractivity contribution in [2.24, 2.45) is 0 Å². The van der Waals surface area contributed by atoms with E-state index in [1.807, 2.05) is 24.3 Å². The standard InChI is InChI=1S/C24H17Cl2FN4O4S/c1-13-29-24(30-35-13)15-4-2-14(3-5-15)12-34-16-6-9-21(19(27)10-16)36(32,33)31-20-8-7-17(25)22-18(26)11-28-23(20)22/h2-11,28,31H,12H2,1H3. The maximum Gasteiger partial charge on any atom is 0.264 e. The molecule has 0 saturated heterocycles. The van der Waals surface area contributed by atoms with Gasteiger partial charge in [-0.05, 0) is 29.8 Å². The van der Waals surface area contributed by atoms with Crippen LogP contribution in [0.3, 0.4) is 0 Å². The number of aryl methyl sites for hydroxylation is 1. The first-order valence-corrected chi connectivity index (χ1v) is 12.7. The quantitative estimate of drug-likeness (QED) is 0.246. The van der Waals surface area contributed by atoms with Crippen LogP contribution < -0.4 is 9.46 Å². The second kappa shape index (κ2) is 9.45. The smallest absolute Gasteiger partial charge is 0.264 e. The average Bonchev–Trinajstić information content (AvgIpc) is 3.46. The first kappa shape index (κ1) is 24.1. The lowest BCUT2D eigenvalue weighted by Crippen LogP contribution is -2.15. The Morgan fingerprint density at radius 3 is 2.56 bits per heavy atom. The molecule has 0 radical (unpaired) electrons. The van der Waals surface area contributed by atoms with E-state index in [1.54, 1.807) is 6.92 Å². The molecule has 2 N–H and O–H groups in total. The van der Waals surface area contributed by atoms with Crippen LogP contribution in [0.15, 0.2) is 70.2 Å². The molecule has 8 nitrogen and oxygen atoms in total. The maximum atomic E-state index is 14.8. The number of fused-ring (bicyclic) bond motifs is 1. The van der Waals surface area contributed by atoms with Crippen LogP contribution in [0.5, 0.6) is 5.75 Å². The SMILES string of the molecule is Cc1nc(-c2ccc(COc3ccc(S(=O)(=O)Nc4ccc(Cl)c5c(Cl)c[nH]c45)c(F)c3)cc2)no1. The topological polar surface area (TPSA) is 110 Å². The number of sulfonamides is 1. The fraction of sp³-hybridized carbons (Fsp3) is 0.0833. The minimum Gasteiger partial charge on any atom is -0.489 e. The Kier molecular flexibility index (Phi) is 6.33. The van der Waals surface area contributed by atoms with Crippen molar-refractivity contribution in [1.29, 1.82) is 0 Å². The van der Waals surface area contributed by atoms with Gasteiger partial charge in [-0.25, -0.2) is 12.8 Å². The summed E-state index contributed by atoms with van der Waals surface area (Å²) in [5.41, 5.74) is 2.16. The van der Waals surface area contributed by atoms with Crippen LogP contribution in [0, 0.1) is 12.7 Å². The van der Waals surface area contributed by atoms with Crippen LogP contribution in [0.25, 0.3) is 22.3 Å². The normalized spacial score (nSPS) is 11.7. The van der Waals surface area contributed by atoms with Crippen LogP contribution in [0.4, 0.5) is 10.1 Å². The second-order valence-corrected chi connectivity index (χ2v) is 10.3. The Morgan fingerprint density at radius 2 is 1.86 bits per heavy atom. The molecule has 12 heteroatoms. The van der Waals surface area contributed by atoms with E-state index in [-0.39, 0.29) is 18.0 Å². The molecule has 0 saturated carbocycles. The number of ether oxygens (including phenoxy) is 1. The van der Waals surface area contributed by atoms with E-state index < -0.39 is 20.7 Å². The van der Waals surface area contributed by atoms with Crippen molar-refractivity contribution in [3.05, 3.63) is 88.1 Å². The predicted octanol–water partition coefficient (Wildman–Crippen LogP) is 6.35. The van der Waals surface area contributed by atoms with Gasteiger partial charge in [-0.3, -0.25) is 4.72 Å². The summed E-state index contributed by atoms with van der Waals surface area (Å²) in [5.74, 6) is 0.160. The number of halogens is 3. The van der Waals surface area contributed by atoms with Gasteiger partial charge in [0.05, 0.1) is 21.2 Å². The van der Waals surface area contributed by atoms with E-state index in [0.717, 1.165) is 23.3 Å². The fourth-order valence-corrected chi connectivity index (χ4v) is 5.27. The summed E-state index contributed by atoms with van der Waals surface area (Å²) in [4.78, 5) is 6.51. The molecule has 0 spiro atoms. The highest BCUT2D eigenvalue weighted by molar-refractivity contribution is 7.92. The molecule has 0 unspecified atom stereocenters. The molecule has 5 aromatic rings. The van der Waals surface area contributed by atoms with Gasteiger partial charge in [0.2, 0.25) is 11.7 Å². The number of anilines is 1. The van der Waals surface area contributed by atoms with Crippen molar-refractivity contribution in [2.75, 3.05) is 4.72 Å². The summed E-state index contributed by atoms with van der Waals surface area (Å²) in [6, 6.07) is 13.8. The summed E-state index contributed by atoms with van der Waals surface area (Å²) in [7, 11) is -4.26. The maximum absolute atomic E-state index is 14.8. The minimum atomic E-state index is -4.26. The number of hydrogen-bond donors (Lipinski definition) is 2. The summed E-state index contributed by atoms with van der Waals surface area (Å²) in [6.07, 6.45) is 1.49. The van der Waals surface area contributed by atoms with Gasteiger partial charge < -0.3 is 14.2 Å². The highest BCUT2D eigenvalue weighted by atomic mass is 35.5. The fourth-order valence-electron chi connectivity index (χ4n) is 3.58. The third-order valence-corrected chi connectivity index (χ3v) is 7.33. The Bertz CT molecular complexity index is 1680. The largest absolute Gasteiger partial charge is 0.489 e. The Morgan fingerprint density at radius 1 is 1.08 bits per heavy atom. The summed E-state index contributed by atoms with van der Waals surface area (Å²) in [5, 5.41) is 5.02. The molecule has 0 bridgehead atoms. The number of aromatic nitrogens is 3. The number of rotatable bonds is 7. The van der Waals surface area contributed by atoms with E-state index in [4.69, 9.17) is 32.5 Å². The van der Waals surface area contributed by atoms with E-state index in [0.29, 0.717) is 32.7 Å². The number of H-pyrrole nitrogens is 1. The highest BCUT2D eigenvalue weighted by Crippen LogP contribution is 2.35. The molecule has 184 valence electrons. The molecule has 5 rings (SSSR count). The zero-order valence-corrected chi connectivity index (χ0v) is 20.9. The number of nitrogens with one attached hydrogen (secondary N) is 2. The third-order valence-electron chi connectivity index (χ3n) is 5.32. The van der Waals surface area contributed by atoms with Crippen molar-refractivity contribution < 1.29 is 22.1 Å². The number of benzene rings is 3. The first-order valence-electron chi connectivity index (χ1n) is 10.5. The van der Waals surface area contributed by atoms with Gasteiger partial charge in [-0.2, -0.15) is 4.98 Å². The molecule has 0 aliphatic heterocycles. The molecular formula is C24H17Cl2FN4O4S. The van der Waals surface area contributed by atoms with Crippen LogP contribution in [0.1, 0.15) is 11.5 Å². The average molecular weight is 547 g/mol. The van der Waals surface area contributed by atoms with Crippen molar-refractivity contribution in [3.63, 3.8) is 0 Å². The Hall–Kier alpha value is -3.60. The molecule has 0 aliphatic rings. The second-order valence-electron chi connectivity index (χ2n) is 7.80. The van der Waals surface area contributed by atoms with Crippen LogP contribution in [-0.4, -0.2) is 23.5 Å². The van der Waals surface area contributed by atoms with Gasteiger partial charge in [0.1, 0.15) is 23.1 Å².